The van der Waals surface area contributed by atoms with Crippen LogP contribution in [-0.4, -0.2) is 62.0 Å². The van der Waals surface area contributed by atoms with Crippen molar-refractivity contribution in [1.82, 2.24) is 10.3 Å². The molecule has 3 rings (SSSR count). The second kappa shape index (κ2) is 10.4. The molecule has 1 aliphatic heterocycles. The second-order valence-corrected chi connectivity index (χ2v) is 7.11. The number of nitrogens with zero attached hydrogens (tertiary/aromatic N) is 3. The number of halogens is 1. The summed E-state index contributed by atoms with van der Waals surface area (Å²) in [6, 6.07) is 7.79. The van der Waals surface area contributed by atoms with Crippen LogP contribution < -0.4 is 20.4 Å². The maximum Gasteiger partial charge on any atom is 0.414 e. The molecule has 0 radical (unpaired) electrons. The molecule has 2 aromatic rings. The second-order valence-electron chi connectivity index (χ2n) is 7.11. The molecule has 0 bridgehead atoms. The van der Waals surface area contributed by atoms with Gasteiger partial charge in [-0.05, 0) is 30.3 Å². The lowest BCUT2D eigenvalue weighted by molar-refractivity contribution is -0.551. The van der Waals surface area contributed by atoms with Gasteiger partial charge in [0.2, 0.25) is 5.91 Å². The number of hydrogen-bond donors (Lipinski definition) is 3. The quantitative estimate of drug-likeness (QED) is 0.212. The summed E-state index contributed by atoms with van der Waals surface area (Å²) in [6.07, 6.45) is 2.21. The lowest BCUT2D eigenvalue weighted by atomic mass is 10.1. The molecule has 1 aromatic heterocycles. The van der Waals surface area contributed by atoms with Gasteiger partial charge in [0.05, 0.1) is 31.7 Å². The Morgan fingerprint density at radius 2 is 2.25 bits per heavy atom. The minimum atomic E-state index is -0.600. The molecular formula is C21H24FN6O4+. The molecular weight excluding hydrogens is 419 g/mol. The molecule has 3 amide bonds. The standard InChI is InChI=1S/C21H23FN6O4/c1-14(30)25-10-17-11-28(21(31)32-17)16-3-4-18(19(22)8-16)15-2-5-20(26-9-15)27(12-23)7-6-24-13-29/h2-5,8-9,12-13,17,23H,6-7,10-11H2,1H3,(H,24,29)(H,25,30)/p+1. The number of aromatic nitrogens is 1. The first-order chi connectivity index (χ1) is 15.4. The van der Waals surface area contributed by atoms with Crippen molar-refractivity contribution in [2.75, 3.05) is 36.0 Å². The fourth-order valence-corrected chi connectivity index (χ4v) is 3.24. The summed E-state index contributed by atoms with van der Waals surface area (Å²) in [5.41, 5.74) is 1.20. The summed E-state index contributed by atoms with van der Waals surface area (Å²) in [4.78, 5) is 40.8. The van der Waals surface area contributed by atoms with E-state index in [-0.39, 0.29) is 19.0 Å². The fraction of sp³-hybridized carbons (Fsp3) is 0.286. The number of carbonyl (C=O) groups excluding carboxylic acids is 3. The van der Waals surface area contributed by atoms with E-state index in [9.17, 15) is 18.8 Å². The van der Waals surface area contributed by atoms with Crippen LogP contribution in [0.25, 0.3) is 11.1 Å². The first kappa shape index (κ1) is 22.8. The van der Waals surface area contributed by atoms with E-state index in [0.717, 1.165) is 6.34 Å². The van der Waals surface area contributed by atoms with Gasteiger partial charge in [-0.3, -0.25) is 20.4 Å². The zero-order chi connectivity index (χ0) is 23.1. The maximum atomic E-state index is 14.9. The number of carbonyl (C=O) groups is 3. The van der Waals surface area contributed by atoms with Crippen LogP contribution in [0.4, 0.5) is 20.7 Å². The molecule has 0 saturated carbocycles. The molecule has 1 saturated heterocycles. The van der Waals surface area contributed by atoms with Crippen molar-refractivity contribution in [3.8, 4) is 11.1 Å². The van der Waals surface area contributed by atoms with Gasteiger partial charge in [-0.2, -0.15) is 0 Å². The number of cyclic esters (lactones) is 1. The smallest absolute Gasteiger partial charge is 0.414 e. The van der Waals surface area contributed by atoms with Crippen LogP contribution in [0.5, 0.6) is 0 Å². The molecule has 1 aromatic carbocycles. The Morgan fingerprint density at radius 1 is 1.44 bits per heavy atom. The zero-order valence-electron chi connectivity index (χ0n) is 17.5. The Hall–Kier alpha value is -3.86. The van der Waals surface area contributed by atoms with Crippen molar-refractivity contribution in [3.05, 3.63) is 42.3 Å². The van der Waals surface area contributed by atoms with E-state index in [1.807, 2.05) is 0 Å². The number of quaternary nitrogens is 1. The predicted octanol–water partition coefficient (Wildman–Crippen LogP) is 0.482. The van der Waals surface area contributed by atoms with Crippen LogP contribution in [0.2, 0.25) is 0 Å². The maximum absolute atomic E-state index is 14.9. The Labute approximate surface area is 183 Å². The largest absolute Gasteiger partial charge is 0.442 e. The molecule has 1 unspecified atom stereocenters. The summed E-state index contributed by atoms with van der Waals surface area (Å²) in [7, 11) is 0. The zero-order valence-corrected chi connectivity index (χ0v) is 17.5. The van der Waals surface area contributed by atoms with Gasteiger partial charge < -0.3 is 15.0 Å². The van der Waals surface area contributed by atoms with Crippen molar-refractivity contribution < 1.29 is 28.8 Å². The van der Waals surface area contributed by atoms with Crippen molar-refractivity contribution >= 4 is 36.3 Å². The van der Waals surface area contributed by atoms with Crippen LogP contribution in [0, 0.1) is 11.2 Å². The third-order valence-electron chi connectivity index (χ3n) is 4.86. The average Bonchev–Trinajstić information content (AvgIpc) is 3.16. The highest BCUT2D eigenvalue weighted by atomic mass is 19.1. The molecule has 0 aliphatic carbocycles. The van der Waals surface area contributed by atoms with Crippen LogP contribution in [0.1, 0.15) is 6.92 Å². The van der Waals surface area contributed by atoms with Gasteiger partial charge in [0.15, 0.2) is 0 Å². The molecule has 1 atom stereocenters. The van der Waals surface area contributed by atoms with Crippen molar-refractivity contribution in [1.29, 1.82) is 5.41 Å². The molecule has 10 nitrogen and oxygen atoms in total. The number of nitrogens with two attached hydrogens (primary N) is 1. The highest BCUT2D eigenvalue weighted by molar-refractivity contribution is 5.90. The molecule has 1 fully saturated rings. The van der Waals surface area contributed by atoms with Crippen LogP contribution in [0.3, 0.4) is 0 Å². The number of amides is 3. The van der Waals surface area contributed by atoms with E-state index in [0.29, 0.717) is 42.1 Å². The monoisotopic (exact) mass is 443 g/mol. The van der Waals surface area contributed by atoms with Gasteiger partial charge in [-0.25, -0.2) is 19.0 Å². The lowest BCUT2D eigenvalue weighted by Crippen LogP contribution is -2.84. The molecule has 11 heteroatoms. The Kier molecular flexibility index (Phi) is 7.45. The predicted molar refractivity (Wildman–Crippen MR) is 115 cm³/mol. The molecule has 4 N–H and O–H groups in total. The topological polar surface area (TPSA) is 132 Å². The number of rotatable bonds is 10. The molecule has 0 spiro atoms. The number of pyridine rings is 1. The van der Waals surface area contributed by atoms with Gasteiger partial charge in [-0.1, -0.05) is 0 Å². The van der Waals surface area contributed by atoms with Gasteiger partial charge in [-0.15, -0.1) is 0 Å². The van der Waals surface area contributed by atoms with Crippen molar-refractivity contribution in [2.24, 2.45) is 0 Å². The fourth-order valence-electron chi connectivity index (χ4n) is 3.24. The van der Waals surface area contributed by atoms with Crippen LogP contribution in [-0.2, 0) is 14.3 Å². The summed E-state index contributed by atoms with van der Waals surface area (Å²) >= 11 is 0. The third-order valence-corrected chi connectivity index (χ3v) is 4.86. The van der Waals surface area contributed by atoms with E-state index < -0.39 is 18.0 Å². The summed E-state index contributed by atoms with van der Waals surface area (Å²) in [5.74, 6) is -0.248. The number of anilines is 2. The first-order valence-electron chi connectivity index (χ1n) is 9.95. The van der Waals surface area contributed by atoms with Crippen molar-refractivity contribution in [2.45, 2.75) is 13.0 Å². The minimum Gasteiger partial charge on any atom is -0.442 e. The lowest BCUT2D eigenvalue weighted by Gasteiger charge is -2.17. The van der Waals surface area contributed by atoms with Crippen LogP contribution >= 0.6 is 0 Å². The van der Waals surface area contributed by atoms with E-state index in [1.54, 1.807) is 29.2 Å². The van der Waals surface area contributed by atoms with E-state index in [4.69, 9.17) is 10.1 Å². The number of ether oxygens (including phenoxy) is 1. The van der Waals surface area contributed by atoms with Gasteiger partial charge in [0, 0.05) is 24.2 Å². The van der Waals surface area contributed by atoms with Gasteiger partial charge in [0.25, 0.3) is 6.41 Å². The Morgan fingerprint density at radius 3 is 2.88 bits per heavy atom. The Balaban J connectivity index is 1.71. The molecule has 1 aliphatic rings. The first-order valence-corrected chi connectivity index (χ1v) is 9.95. The number of benzene rings is 1. The number of hydrogen-bond acceptors (Lipinski definition) is 6. The SMILES string of the molecule is CC(=O)NCC1CN(c2ccc(-c3ccc(N(C=N)CC[NH2+]C=O)nc3)c(F)c2)C(=O)O1. The van der Waals surface area contributed by atoms with Gasteiger partial charge >= 0.3 is 6.09 Å². The van der Waals surface area contributed by atoms with E-state index in [1.165, 1.54) is 29.4 Å². The summed E-state index contributed by atoms with van der Waals surface area (Å²) in [6.45, 7) is 2.67. The molecule has 32 heavy (non-hydrogen) atoms. The average molecular weight is 443 g/mol. The third kappa shape index (κ3) is 5.43. The van der Waals surface area contributed by atoms with Crippen LogP contribution in [0.15, 0.2) is 36.5 Å². The van der Waals surface area contributed by atoms with E-state index in [2.05, 4.69) is 10.3 Å². The highest BCUT2D eigenvalue weighted by Crippen LogP contribution is 2.29. The summed E-state index contributed by atoms with van der Waals surface area (Å²) in [5, 5.41) is 11.6. The summed E-state index contributed by atoms with van der Waals surface area (Å²) < 4.78 is 20.1. The highest BCUT2D eigenvalue weighted by Gasteiger charge is 2.32. The normalized spacial score (nSPS) is 15.2. The van der Waals surface area contributed by atoms with Crippen molar-refractivity contribution in [3.63, 3.8) is 0 Å². The van der Waals surface area contributed by atoms with Gasteiger partial charge in [0.1, 0.15) is 24.3 Å². The minimum absolute atomic E-state index is 0.191. The number of primary amides is 1. The molecule has 168 valence electrons. The Bertz CT molecular complexity index is 1000. The van der Waals surface area contributed by atoms with E-state index >= 15 is 0 Å². The number of nitrogens with one attached hydrogen (secondary N) is 2. The molecule has 2 heterocycles.